The van der Waals surface area contributed by atoms with E-state index >= 15 is 0 Å². The second kappa shape index (κ2) is 12.9. The van der Waals surface area contributed by atoms with Crippen molar-refractivity contribution in [2.24, 2.45) is 0 Å². The van der Waals surface area contributed by atoms with Crippen LogP contribution in [0.1, 0.15) is 42.4 Å². The molecular weight excluding hydrogens is 446 g/mol. The van der Waals surface area contributed by atoms with Crippen molar-refractivity contribution in [2.75, 3.05) is 18.2 Å². The Morgan fingerprint density at radius 2 is 1.72 bits per heavy atom. The van der Waals surface area contributed by atoms with Crippen molar-refractivity contribution >= 4 is 41.1 Å². The van der Waals surface area contributed by atoms with E-state index in [2.05, 4.69) is 10.3 Å². The summed E-state index contributed by atoms with van der Waals surface area (Å²) in [6.45, 7) is 6.40. The molecule has 0 bridgehead atoms. The first kappa shape index (κ1) is 25.5. The molecule has 1 heterocycles. The molecule has 0 aliphatic carbocycles. The number of amides is 1. The first-order chi connectivity index (χ1) is 15.5. The van der Waals surface area contributed by atoms with Crippen molar-refractivity contribution in [3.8, 4) is 0 Å². The van der Waals surface area contributed by atoms with Crippen molar-refractivity contribution in [3.63, 3.8) is 0 Å². The summed E-state index contributed by atoms with van der Waals surface area (Å²) >= 11 is 7.29. The molecule has 0 aliphatic rings. The number of thioether (sulfide) groups is 1. The number of imidazole rings is 1. The average Bonchev–Trinajstić information content (AvgIpc) is 3.14. The second-order valence-corrected chi connectivity index (χ2v) is 7.65. The molecule has 3 aromatic rings. The molecule has 1 N–H and O–H groups in total. The van der Waals surface area contributed by atoms with Gasteiger partial charge < -0.3 is 14.6 Å². The minimum Gasteiger partial charge on any atom is -0.461 e. The first-order valence-corrected chi connectivity index (χ1v) is 12.0. The van der Waals surface area contributed by atoms with Crippen molar-refractivity contribution in [2.45, 2.75) is 38.9 Å². The van der Waals surface area contributed by atoms with Crippen LogP contribution in [0.25, 0.3) is 0 Å². The van der Waals surface area contributed by atoms with Gasteiger partial charge in [-0.05, 0) is 36.4 Å². The largest absolute Gasteiger partial charge is 0.461 e. The minimum atomic E-state index is -0.525. The second-order valence-electron chi connectivity index (χ2n) is 6.44. The number of hydrogen-bond acceptors (Lipinski definition) is 5. The molecular formula is C24H28ClN3O3S. The van der Waals surface area contributed by atoms with Crippen LogP contribution in [-0.4, -0.2) is 34.3 Å². The molecule has 8 heteroatoms. The molecule has 0 saturated heterocycles. The van der Waals surface area contributed by atoms with Crippen LogP contribution in [0.5, 0.6) is 0 Å². The zero-order valence-corrected chi connectivity index (χ0v) is 20.3. The Morgan fingerprint density at radius 1 is 1.06 bits per heavy atom. The predicted octanol–water partition coefficient (Wildman–Crippen LogP) is 5.69. The lowest BCUT2D eigenvalue weighted by atomic mass is 10.1. The maximum atomic E-state index is 12.7. The van der Waals surface area contributed by atoms with Gasteiger partial charge in [0.05, 0.1) is 19.6 Å². The van der Waals surface area contributed by atoms with Gasteiger partial charge in [-0.15, -0.1) is 0 Å². The number of ether oxygens (including phenoxy) is 1. The number of rotatable bonds is 8. The lowest BCUT2D eigenvalue weighted by molar-refractivity contribution is -0.115. The summed E-state index contributed by atoms with van der Waals surface area (Å²) in [4.78, 5) is 29.8. The number of benzene rings is 2. The van der Waals surface area contributed by atoms with Crippen LogP contribution < -0.4 is 5.32 Å². The highest BCUT2D eigenvalue weighted by atomic mass is 35.5. The van der Waals surface area contributed by atoms with Gasteiger partial charge in [0.2, 0.25) is 5.91 Å². The standard InChI is InChI=1S/C22H22ClN3O3S.C2H6/c1-3-29-21(28)19-20(24-18(27)13-15-9-11-17(23)12-10-15)25-22(30-2)26(19)14-16-7-5-4-6-8-16;1-2/h4-12H,3,13-14H2,1-2H3,(H,24,27);1-2H3. The van der Waals surface area contributed by atoms with Crippen molar-refractivity contribution in [3.05, 3.63) is 76.4 Å². The van der Waals surface area contributed by atoms with Crippen molar-refractivity contribution in [1.29, 1.82) is 0 Å². The van der Waals surface area contributed by atoms with Gasteiger partial charge in [0.1, 0.15) is 0 Å². The fourth-order valence-corrected chi connectivity index (χ4v) is 3.64. The van der Waals surface area contributed by atoms with Gasteiger partial charge in [-0.2, -0.15) is 0 Å². The fourth-order valence-electron chi connectivity index (χ4n) is 2.96. The number of hydrogen-bond donors (Lipinski definition) is 1. The Kier molecular flexibility index (Phi) is 10.3. The molecule has 1 aromatic heterocycles. The lowest BCUT2D eigenvalue weighted by Gasteiger charge is -2.11. The van der Waals surface area contributed by atoms with E-state index in [1.165, 1.54) is 11.8 Å². The van der Waals surface area contributed by atoms with Gasteiger partial charge in [-0.1, -0.05) is 79.7 Å². The Morgan fingerprint density at radius 3 is 2.31 bits per heavy atom. The van der Waals surface area contributed by atoms with Crippen LogP contribution >= 0.6 is 23.4 Å². The van der Waals surface area contributed by atoms with Crippen LogP contribution in [0.4, 0.5) is 5.82 Å². The molecule has 0 saturated carbocycles. The first-order valence-electron chi connectivity index (χ1n) is 10.4. The summed E-state index contributed by atoms with van der Waals surface area (Å²) in [7, 11) is 0. The fraction of sp³-hybridized carbons (Fsp3) is 0.292. The van der Waals surface area contributed by atoms with Crippen LogP contribution in [-0.2, 0) is 22.5 Å². The number of nitrogens with one attached hydrogen (secondary N) is 1. The van der Waals surface area contributed by atoms with Crippen molar-refractivity contribution in [1.82, 2.24) is 9.55 Å². The van der Waals surface area contributed by atoms with Crippen LogP contribution in [0.15, 0.2) is 59.8 Å². The summed E-state index contributed by atoms with van der Waals surface area (Å²) < 4.78 is 7.02. The van der Waals surface area contributed by atoms with E-state index in [9.17, 15) is 9.59 Å². The van der Waals surface area contributed by atoms with E-state index in [0.717, 1.165) is 11.1 Å². The normalized spacial score (nSPS) is 10.2. The molecule has 0 spiro atoms. The molecule has 0 unspecified atom stereocenters. The average molecular weight is 474 g/mol. The molecule has 32 heavy (non-hydrogen) atoms. The van der Waals surface area contributed by atoms with E-state index in [1.807, 2.05) is 50.4 Å². The summed E-state index contributed by atoms with van der Waals surface area (Å²) in [6.07, 6.45) is 2.01. The maximum absolute atomic E-state index is 12.7. The topological polar surface area (TPSA) is 73.2 Å². The molecule has 0 atom stereocenters. The number of nitrogens with zero attached hydrogens (tertiary/aromatic N) is 2. The van der Waals surface area contributed by atoms with E-state index in [0.29, 0.717) is 16.7 Å². The molecule has 2 aromatic carbocycles. The van der Waals surface area contributed by atoms with Crippen LogP contribution in [0.3, 0.4) is 0 Å². The summed E-state index contributed by atoms with van der Waals surface area (Å²) in [5.74, 6) is -0.601. The number of carbonyl (C=O) groups is 2. The molecule has 0 fully saturated rings. The summed E-state index contributed by atoms with van der Waals surface area (Å²) in [5, 5.41) is 4.00. The van der Waals surface area contributed by atoms with Crippen LogP contribution in [0.2, 0.25) is 5.02 Å². The van der Waals surface area contributed by atoms with Gasteiger partial charge >= 0.3 is 5.97 Å². The predicted molar refractivity (Wildman–Crippen MR) is 131 cm³/mol. The molecule has 3 rings (SSSR count). The summed E-state index contributed by atoms with van der Waals surface area (Å²) in [5.41, 5.74) is 2.05. The van der Waals surface area contributed by atoms with Gasteiger partial charge in [0.25, 0.3) is 0 Å². The quantitative estimate of drug-likeness (QED) is 0.336. The highest BCUT2D eigenvalue weighted by Gasteiger charge is 2.25. The third-order valence-electron chi connectivity index (χ3n) is 4.30. The number of carbonyl (C=O) groups excluding carboxylic acids is 2. The Balaban J connectivity index is 0.00000176. The van der Waals surface area contributed by atoms with E-state index in [-0.39, 0.29) is 30.4 Å². The van der Waals surface area contributed by atoms with E-state index in [4.69, 9.17) is 16.3 Å². The van der Waals surface area contributed by atoms with Gasteiger partial charge in [-0.3, -0.25) is 4.79 Å². The molecule has 6 nitrogen and oxygen atoms in total. The van der Waals surface area contributed by atoms with Gasteiger partial charge in [-0.25, -0.2) is 9.78 Å². The van der Waals surface area contributed by atoms with Gasteiger partial charge in [0, 0.05) is 5.02 Å². The zero-order valence-electron chi connectivity index (χ0n) is 18.7. The number of anilines is 1. The van der Waals surface area contributed by atoms with Crippen LogP contribution in [0, 0.1) is 0 Å². The van der Waals surface area contributed by atoms with E-state index in [1.54, 1.807) is 35.8 Å². The minimum absolute atomic E-state index is 0.138. The third kappa shape index (κ3) is 6.87. The zero-order chi connectivity index (χ0) is 23.5. The molecule has 0 radical (unpaired) electrons. The van der Waals surface area contributed by atoms with E-state index < -0.39 is 5.97 Å². The number of aromatic nitrogens is 2. The monoisotopic (exact) mass is 473 g/mol. The smallest absolute Gasteiger partial charge is 0.358 e. The van der Waals surface area contributed by atoms with Gasteiger partial charge in [0.15, 0.2) is 16.7 Å². The SMILES string of the molecule is CC.CCOC(=O)c1c(NC(=O)Cc2ccc(Cl)cc2)nc(SC)n1Cc1ccccc1. The Labute approximate surface area is 198 Å². The van der Waals surface area contributed by atoms with Crippen molar-refractivity contribution < 1.29 is 14.3 Å². The Hall–Kier alpha value is -2.77. The highest BCUT2D eigenvalue weighted by molar-refractivity contribution is 7.98. The molecule has 0 aliphatic heterocycles. The third-order valence-corrected chi connectivity index (χ3v) is 5.23. The molecule has 170 valence electrons. The molecule has 1 amide bonds. The maximum Gasteiger partial charge on any atom is 0.358 e. The lowest BCUT2D eigenvalue weighted by Crippen LogP contribution is -2.19. The Bertz CT molecular complexity index is 1020. The summed E-state index contributed by atoms with van der Waals surface area (Å²) in [6, 6.07) is 16.8. The number of esters is 1. The number of halogens is 1. The highest BCUT2D eigenvalue weighted by Crippen LogP contribution is 2.26.